The van der Waals surface area contributed by atoms with Gasteiger partial charge in [-0.3, -0.25) is 14.2 Å². The molecule has 0 aliphatic heterocycles. The van der Waals surface area contributed by atoms with Crippen LogP contribution in [0.15, 0.2) is 36.8 Å². The molecule has 0 aliphatic rings. The number of nitrogens with zero attached hydrogens (tertiary/aromatic N) is 3. The third kappa shape index (κ3) is 2.28. The molecule has 3 aromatic rings. The van der Waals surface area contributed by atoms with Crippen LogP contribution in [0.25, 0.3) is 11.0 Å². The standard InChI is InChI=1S/C15H13N3OS/c1-10-9-18-13(11(2)17-15(18)20-10)3-4-14(19)12-5-7-16-8-6-12/h3-9H,1-2H3/b4-3+. The van der Waals surface area contributed by atoms with Gasteiger partial charge in [-0.2, -0.15) is 0 Å². The van der Waals surface area contributed by atoms with E-state index >= 15 is 0 Å². The second-order valence-electron chi connectivity index (χ2n) is 4.51. The fraction of sp³-hybridized carbons (Fsp3) is 0.133. The highest BCUT2D eigenvalue weighted by molar-refractivity contribution is 7.17. The Balaban J connectivity index is 1.94. The zero-order valence-corrected chi connectivity index (χ0v) is 12.0. The van der Waals surface area contributed by atoms with Crippen LogP contribution in [0.4, 0.5) is 0 Å². The van der Waals surface area contributed by atoms with Crippen molar-refractivity contribution in [1.82, 2.24) is 14.4 Å². The highest BCUT2D eigenvalue weighted by Crippen LogP contribution is 2.21. The van der Waals surface area contributed by atoms with E-state index in [2.05, 4.69) is 9.97 Å². The fourth-order valence-corrected chi connectivity index (χ4v) is 2.93. The first-order valence-electron chi connectivity index (χ1n) is 6.22. The molecule has 0 aromatic carbocycles. The molecule has 3 aromatic heterocycles. The predicted octanol–water partition coefficient (Wildman–Crippen LogP) is 3.30. The van der Waals surface area contributed by atoms with E-state index in [1.165, 1.54) is 4.88 Å². The predicted molar refractivity (Wildman–Crippen MR) is 80.1 cm³/mol. The zero-order chi connectivity index (χ0) is 14.1. The SMILES string of the molecule is Cc1cn2c(/C=C/C(=O)c3ccncc3)c(C)nc2s1. The molecule has 5 heteroatoms. The van der Waals surface area contributed by atoms with Gasteiger partial charge in [0.2, 0.25) is 0 Å². The molecule has 0 fully saturated rings. The van der Waals surface area contributed by atoms with Crippen molar-refractivity contribution in [3.8, 4) is 0 Å². The number of aryl methyl sites for hydroxylation is 2. The first-order chi connectivity index (χ1) is 9.65. The molecule has 4 nitrogen and oxygen atoms in total. The third-order valence-electron chi connectivity index (χ3n) is 3.02. The Bertz CT molecular complexity index is 799. The van der Waals surface area contributed by atoms with Gasteiger partial charge in [0, 0.05) is 29.0 Å². The third-order valence-corrected chi connectivity index (χ3v) is 3.92. The normalized spacial score (nSPS) is 11.5. The van der Waals surface area contributed by atoms with Crippen LogP contribution >= 0.6 is 11.3 Å². The van der Waals surface area contributed by atoms with Gasteiger partial charge in [-0.25, -0.2) is 4.98 Å². The largest absolute Gasteiger partial charge is 0.290 e. The lowest BCUT2D eigenvalue weighted by Gasteiger charge is -1.95. The van der Waals surface area contributed by atoms with Crippen LogP contribution in [-0.2, 0) is 0 Å². The summed E-state index contributed by atoms with van der Waals surface area (Å²) in [6, 6.07) is 3.42. The summed E-state index contributed by atoms with van der Waals surface area (Å²) in [7, 11) is 0. The second-order valence-corrected chi connectivity index (χ2v) is 5.72. The summed E-state index contributed by atoms with van der Waals surface area (Å²) in [5.41, 5.74) is 2.51. The molecule has 0 atom stereocenters. The number of rotatable bonds is 3. The molecule has 0 N–H and O–H groups in total. The van der Waals surface area contributed by atoms with Crippen molar-refractivity contribution in [3.05, 3.63) is 58.6 Å². The molecule has 0 unspecified atom stereocenters. The van der Waals surface area contributed by atoms with Crippen LogP contribution in [0.5, 0.6) is 0 Å². The lowest BCUT2D eigenvalue weighted by Crippen LogP contribution is -1.94. The number of fused-ring (bicyclic) bond motifs is 1. The number of imidazole rings is 1. The average Bonchev–Trinajstić information content (AvgIpc) is 2.92. The number of aromatic nitrogens is 3. The van der Waals surface area contributed by atoms with Crippen LogP contribution in [-0.4, -0.2) is 20.2 Å². The van der Waals surface area contributed by atoms with E-state index in [4.69, 9.17) is 0 Å². The van der Waals surface area contributed by atoms with Crippen molar-refractivity contribution in [2.24, 2.45) is 0 Å². The Hall–Kier alpha value is -2.27. The maximum absolute atomic E-state index is 12.1. The van der Waals surface area contributed by atoms with Crippen molar-refractivity contribution in [3.63, 3.8) is 0 Å². The number of carbonyl (C=O) groups excluding carboxylic acids is 1. The van der Waals surface area contributed by atoms with Crippen molar-refractivity contribution < 1.29 is 4.79 Å². The van der Waals surface area contributed by atoms with E-state index in [9.17, 15) is 4.79 Å². The molecule has 0 saturated heterocycles. The van der Waals surface area contributed by atoms with E-state index < -0.39 is 0 Å². The van der Waals surface area contributed by atoms with Crippen molar-refractivity contribution in [2.45, 2.75) is 13.8 Å². The maximum atomic E-state index is 12.1. The lowest BCUT2D eigenvalue weighted by molar-refractivity contribution is 0.104. The molecule has 0 spiro atoms. The van der Waals surface area contributed by atoms with E-state index in [1.807, 2.05) is 30.5 Å². The molecule has 100 valence electrons. The van der Waals surface area contributed by atoms with Crippen LogP contribution in [0.3, 0.4) is 0 Å². The summed E-state index contributed by atoms with van der Waals surface area (Å²) in [5.74, 6) is -0.0336. The lowest BCUT2D eigenvalue weighted by atomic mass is 10.1. The van der Waals surface area contributed by atoms with Gasteiger partial charge in [0.05, 0.1) is 11.4 Å². The summed E-state index contributed by atoms with van der Waals surface area (Å²) in [6.45, 7) is 4.00. The van der Waals surface area contributed by atoms with E-state index in [-0.39, 0.29) is 5.78 Å². The van der Waals surface area contributed by atoms with Crippen LogP contribution < -0.4 is 0 Å². The molecule has 0 amide bonds. The summed E-state index contributed by atoms with van der Waals surface area (Å²) in [4.78, 5) is 22.6. The molecular formula is C15H13N3OS. The number of ketones is 1. The van der Waals surface area contributed by atoms with Crippen LogP contribution in [0.2, 0.25) is 0 Å². The van der Waals surface area contributed by atoms with Crippen LogP contribution in [0.1, 0.15) is 26.6 Å². The van der Waals surface area contributed by atoms with Crippen molar-refractivity contribution in [1.29, 1.82) is 0 Å². The number of allylic oxidation sites excluding steroid dienone is 1. The van der Waals surface area contributed by atoms with Gasteiger partial charge in [-0.1, -0.05) is 0 Å². The summed E-state index contributed by atoms with van der Waals surface area (Å²) in [5, 5.41) is 0. The Morgan fingerprint density at radius 3 is 2.80 bits per heavy atom. The Morgan fingerprint density at radius 2 is 2.05 bits per heavy atom. The van der Waals surface area contributed by atoms with Gasteiger partial charge in [0.25, 0.3) is 0 Å². The molecule has 0 radical (unpaired) electrons. The molecule has 0 saturated carbocycles. The molecule has 3 rings (SSSR count). The first-order valence-corrected chi connectivity index (χ1v) is 7.04. The number of hydrogen-bond donors (Lipinski definition) is 0. The quantitative estimate of drug-likeness (QED) is 0.547. The highest BCUT2D eigenvalue weighted by Gasteiger charge is 2.09. The van der Waals surface area contributed by atoms with Gasteiger partial charge in [-0.05, 0) is 38.1 Å². The first kappa shape index (κ1) is 12.7. The van der Waals surface area contributed by atoms with Crippen molar-refractivity contribution in [2.75, 3.05) is 0 Å². The number of carbonyl (C=O) groups is 1. The van der Waals surface area contributed by atoms with Gasteiger partial charge in [-0.15, -0.1) is 11.3 Å². The summed E-state index contributed by atoms with van der Waals surface area (Å²) >= 11 is 1.64. The van der Waals surface area contributed by atoms with Gasteiger partial charge in [0.15, 0.2) is 10.7 Å². The highest BCUT2D eigenvalue weighted by atomic mass is 32.1. The summed E-state index contributed by atoms with van der Waals surface area (Å²) < 4.78 is 2.02. The topological polar surface area (TPSA) is 47.3 Å². The van der Waals surface area contributed by atoms with Gasteiger partial charge in [0.1, 0.15) is 0 Å². The monoisotopic (exact) mass is 283 g/mol. The Kier molecular flexibility index (Phi) is 3.20. The minimum Gasteiger partial charge on any atom is -0.290 e. The number of pyridine rings is 1. The Morgan fingerprint density at radius 1 is 1.30 bits per heavy atom. The van der Waals surface area contributed by atoms with Gasteiger partial charge < -0.3 is 0 Å². The van der Waals surface area contributed by atoms with E-state index in [0.717, 1.165) is 16.3 Å². The summed E-state index contributed by atoms with van der Waals surface area (Å²) in [6.07, 6.45) is 8.68. The molecule has 0 aliphatic carbocycles. The molecule has 0 bridgehead atoms. The smallest absolute Gasteiger partial charge is 0.194 e. The minimum atomic E-state index is -0.0336. The average molecular weight is 283 g/mol. The molecule has 3 heterocycles. The number of hydrogen-bond acceptors (Lipinski definition) is 4. The van der Waals surface area contributed by atoms with Crippen molar-refractivity contribution >= 4 is 28.2 Å². The minimum absolute atomic E-state index is 0.0336. The van der Waals surface area contributed by atoms with E-state index in [0.29, 0.717) is 5.56 Å². The Labute approximate surface area is 120 Å². The van der Waals surface area contributed by atoms with Crippen LogP contribution in [0, 0.1) is 13.8 Å². The fourth-order valence-electron chi connectivity index (χ4n) is 2.05. The maximum Gasteiger partial charge on any atom is 0.194 e. The number of thiazole rings is 1. The molecule has 20 heavy (non-hydrogen) atoms. The van der Waals surface area contributed by atoms with Gasteiger partial charge >= 0.3 is 0 Å². The van der Waals surface area contributed by atoms with E-state index in [1.54, 1.807) is 41.9 Å². The second kappa shape index (κ2) is 5.02. The molecular weight excluding hydrogens is 270 g/mol. The zero-order valence-electron chi connectivity index (χ0n) is 11.2.